The number of carbonyl (C=O) groups excluding carboxylic acids is 1. The maximum atomic E-state index is 13.4. The van der Waals surface area contributed by atoms with Crippen LogP contribution in [0.1, 0.15) is 12.7 Å². The SMILES string of the molecule is CCOC(=O)CN(c1ccc2c(c1)OCO2)S(=O)(=O)c1ccc2nnc(C)n2c1. The summed E-state index contributed by atoms with van der Waals surface area (Å²) in [5.41, 5.74) is 0.768. The lowest BCUT2D eigenvalue weighted by Crippen LogP contribution is -2.36. The first-order chi connectivity index (χ1) is 13.9. The summed E-state index contributed by atoms with van der Waals surface area (Å²) in [6.07, 6.45) is 1.42. The first kappa shape index (κ1) is 19.0. The third-order valence-corrected chi connectivity index (χ3v) is 6.11. The number of benzene rings is 1. The van der Waals surface area contributed by atoms with Crippen LogP contribution in [0.2, 0.25) is 0 Å². The summed E-state index contributed by atoms with van der Waals surface area (Å²) < 4.78 is 45.0. The summed E-state index contributed by atoms with van der Waals surface area (Å²) in [5, 5.41) is 7.89. The number of pyridine rings is 1. The predicted molar refractivity (Wildman–Crippen MR) is 101 cm³/mol. The Hall–Kier alpha value is -3.34. The Bertz CT molecular complexity index is 1190. The van der Waals surface area contributed by atoms with Crippen molar-refractivity contribution in [3.05, 3.63) is 42.4 Å². The average Bonchev–Trinajstić information content (AvgIpc) is 3.32. The maximum absolute atomic E-state index is 13.4. The van der Waals surface area contributed by atoms with Crippen molar-refractivity contribution in [1.29, 1.82) is 0 Å². The van der Waals surface area contributed by atoms with Gasteiger partial charge in [0.25, 0.3) is 10.0 Å². The lowest BCUT2D eigenvalue weighted by atomic mass is 10.3. The van der Waals surface area contributed by atoms with Crippen LogP contribution in [0, 0.1) is 6.92 Å². The van der Waals surface area contributed by atoms with Crippen molar-refractivity contribution in [3.63, 3.8) is 0 Å². The molecule has 0 unspecified atom stereocenters. The highest BCUT2D eigenvalue weighted by atomic mass is 32.2. The molecule has 1 aliphatic heterocycles. The van der Waals surface area contributed by atoms with E-state index in [1.54, 1.807) is 36.4 Å². The molecule has 3 aromatic rings. The van der Waals surface area contributed by atoms with Crippen LogP contribution in [-0.2, 0) is 19.6 Å². The molecular formula is C18H18N4O6S. The average molecular weight is 418 g/mol. The first-order valence-corrected chi connectivity index (χ1v) is 10.2. The van der Waals surface area contributed by atoms with Crippen LogP contribution in [-0.4, -0.2) is 48.9 Å². The van der Waals surface area contributed by atoms with E-state index in [2.05, 4.69) is 10.2 Å². The van der Waals surface area contributed by atoms with Crippen LogP contribution in [0.25, 0.3) is 5.65 Å². The van der Waals surface area contributed by atoms with Crippen molar-refractivity contribution in [2.24, 2.45) is 0 Å². The van der Waals surface area contributed by atoms with Gasteiger partial charge < -0.3 is 14.2 Å². The van der Waals surface area contributed by atoms with Crippen molar-refractivity contribution in [2.45, 2.75) is 18.7 Å². The summed E-state index contributed by atoms with van der Waals surface area (Å²) >= 11 is 0. The number of aryl methyl sites for hydroxylation is 1. The number of fused-ring (bicyclic) bond motifs is 2. The number of hydrogen-bond acceptors (Lipinski definition) is 8. The van der Waals surface area contributed by atoms with Crippen LogP contribution < -0.4 is 13.8 Å². The fraction of sp³-hybridized carbons (Fsp3) is 0.278. The van der Waals surface area contributed by atoms with E-state index in [1.165, 1.54) is 18.3 Å². The Morgan fingerprint density at radius 2 is 2.00 bits per heavy atom. The van der Waals surface area contributed by atoms with E-state index in [-0.39, 0.29) is 24.0 Å². The van der Waals surface area contributed by atoms with Gasteiger partial charge in [0.05, 0.1) is 12.3 Å². The normalized spacial score (nSPS) is 12.9. The molecule has 3 heterocycles. The van der Waals surface area contributed by atoms with E-state index < -0.39 is 22.5 Å². The minimum atomic E-state index is -4.11. The van der Waals surface area contributed by atoms with Crippen molar-refractivity contribution >= 4 is 27.3 Å². The van der Waals surface area contributed by atoms with Crippen LogP contribution >= 0.6 is 0 Å². The Labute approximate surface area is 166 Å². The smallest absolute Gasteiger partial charge is 0.326 e. The molecule has 29 heavy (non-hydrogen) atoms. The van der Waals surface area contributed by atoms with Gasteiger partial charge in [-0.15, -0.1) is 10.2 Å². The highest BCUT2D eigenvalue weighted by Crippen LogP contribution is 2.37. The number of esters is 1. The Morgan fingerprint density at radius 1 is 1.21 bits per heavy atom. The number of carbonyl (C=O) groups is 1. The molecule has 0 aliphatic carbocycles. The second-order valence-corrected chi connectivity index (χ2v) is 8.06. The van der Waals surface area contributed by atoms with Gasteiger partial charge >= 0.3 is 5.97 Å². The highest BCUT2D eigenvalue weighted by molar-refractivity contribution is 7.92. The Balaban J connectivity index is 1.79. The van der Waals surface area contributed by atoms with E-state index in [0.717, 1.165) is 4.31 Å². The highest BCUT2D eigenvalue weighted by Gasteiger charge is 2.30. The number of anilines is 1. The summed E-state index contributed by atoms with van der Waals surface area (Å²) in [7, 11) is -4.11. The second-order valence-electron chi connectivity index (χ2n) is 6.19. The zero-order valence-electron chi connectivity index (χ0n) is 15.7. The molecule has 1 aliphatic rings. The quantitative estimate of drug-likeness (QED) is 0.554. The van der Waals surface area contributed by atoms with Crippen molar-refractivity contribution in [1.82, 2.24) is 14.6 Å². The molecule has 0 fully saturated rings. The van der Waals surface area contributed by atoms with E-state index >= 15 is 0 Å². The molecule has 0 atom stereocenters. The summed E-state index contributed by atoms with van der Waals surface area (Å²) in [4.78, 5) is 12.1. The van der Waals surface area contributed by atoms with Gasteiger partial charge in [-0.05, 0) is 38.1 Å². The Morgan fingerprint density at radius 3 is 2.79 bits per heavy atom. The number of hydrogen-bond donors (Lipinski definition) is 0. The number of rotatable bonds is 6. The topological polar surface area (TPSA) is 112 Å². The maximum Gasteiger partial charge on any atom is 0.326 e. The molecule has 11 heteroatoms. The zero-order valence-corrected chi connectivity index (χ0v) is 16.5. The van der Waals surface area contributed by atoms with Gasteiger partial charge in [-0.25, -0.2) is 8.42 Å². The van der Waals surface area contributed by atoms with Crippen LogP contribution in [0.5, 0.6) is 11.5 Å². The van der Waals surface area contributed by atoms with Gasteiger partial charge in [0, 0.05) is 12.3 Å². The predicted octanol–water partition coefficient (Wildman–Crippen LogP) is 1.52. The van der Waals surface area contributed by atoms with E-state index in [4.69, 9.17) is 14.2 Å². The van der Waals surface area contributed by atoms with Crippen molar-refractivity contribution in [2.75, 3.05) is 24.2 Å². The first-order valence-electron chi connectivity index (χ1n) is 8.79. The molecule has 0 N–H and O–H groups in total. The van der Waals surface area contributed by atoms with Crippen LogP contribution in [0.15, 0.2) is 41.4 Å². The second kappa shape index (κ2) is 7.24. The molecule has 0 spiro atoms. The Kier molecular flexibility index (Phi) is 4.74. The van der Waals surface area contributed by atoms with Gasteiger partial charge in [0.2, 0.25) is 6.79 Å². The molecule has 0 saturated carbocycles. The third-order valence-electron chi connectivity index (χ3n) is 4.36. The molecule has 0 bridgehead atoms. The van der Waals surface area contributed by atoms with Crippen molar-refractivity contribution < 1.29 is 27.4 Å². The van der Waals surface area contributed by atoms with Gasteiger partial charge in [-0.1, -0.05) is 0 Å². The molecule has 4 rings (SSSR count). The fourth-order valence-electron chi connectivity index (χ4n) is 2.94. The largest absolute Gasteiger partial charge is 0.465 e. The van der Waals surface area contributed by atoms with E-state index in [1.807, 2.05) is 0 Å². The standard InChI is InChI=1S/C18H18N4O6S/c1-3-26-18(23)10-22(13-4-6-15-16(8-13)28-11-27-15)29(24,25)14-5-7-17-20-19-12(2)21(17)9-14/h4-9H,3,10-11H2,1-2H3. The van der Waals surface area contributed by atoms with E-state index in [0.29, 0.717) is 23.0 Å². The molecule has 0 amide bonds. The van der Waals surface area contributed by atoms with Gasteiger partial charge in [0.1, 0.15) is 17.3 Å². The minimum absolute atomic E-state index is 0.0186. The minimum Gasteiger partial charge on any atom is -0.465 e. The van der Waals surface area contributed by atoms with Gasteiger partial charge in [-0.2, -0.15) is 0 Å². The lowest BCUT2D eigenvalue weighted by molar-refractivity contribution is -0.141. The number of nitrogens with zero attached hydrogens (tertiary/aromatic N) is 4. The number of sulfonamides is 1. The molecule has 2 aromatic heterocycles. The zero-order chi connectivity index (χ0) is 20.6. The monoisotopic (exact) mass is 418 g/mol. The molecule has 10 nitrogen and oxygen atoms in total. The molecular weight excluding hydrogens is 400 g/mol. The fourth-order valence-corrected chi connectivity index (χ4v) is 4.34. The van der Waals surface area contributed by atoms with Crippen molar-refractivity contribution in [3.8, 4) is 11.5 Å². The van der Waals surface area contributed by atoms with Gasteiger partial charge in [-0.3, -0.25) is 13.5 Å². The lowest BCUT2D eigenvalue weighted by Gasteiger charge is -2.24. The van der Waals surface area contributed by atoms with Crippen LogP contribution in [0.3, 0.4) is 0 Å². The third kappa shape index (κ3) is 3.44. The molecule has 0 radical (unpaired) electrons. The van der Waals surface area contributed by atoms with Gasteiger partial charge in [0.15, 0.2) is 17.1 Å². The summed E-state index contributed by atoms with van der Waals surface area (Å²) in [6.45, 7) is 3.06. The summed E-state index contributed by atoms with van der Waals surface area (Å²) in [6, 6.07) is 7.63. The van der Waals surface area contributed by atoms with Crippen LogP contribution in [0.4, 0.5) is 5.69 Å². The molecule has 152 valence electrons. The number of aromatic nitrogens is 3. The molecule has 1 aromatic carbocycles. The number of ether oxygens (including phenoxy) is 3. The summed E-state index contributed by atoms with van der Waals surface area (Å²) in [5.74, 6) is 0.771. The van der Waals surface area contributed by atoms with E-state index in [9.17, 15) is 13.2 Å². The molecule has 0 saturated heterocycles.